The molecular weight excluding hydrogens is 330 g/mol. The summed E-state index contributed by atoms with van der Waals surface area (Å²) in [5.41, 5.74) is 2.28. The first-order chi connectivity index (χ1) is 9.97. The zero-order valence-corrected chi connectivity index (χ0v) is 15.0. The lowest BCUT2D eigenvalue weighted by atomic mass is 10.2. The molecule has 0 aromatic heterocycles. The summed E-state index contributed by atoms with van der Waals surface area (Å²) in [5, 5.41) is 6.24. The van der Waals surface area contributed by atoms with Crippen LogP contribution in [0.3, 0.4) is 0 Å². The minimum absolute atomic E-state index is 0.0526. The molecular formula is C16H26BrN3O. The predicted octanol–water partition coefficient (Wildman–Crippen LogP) is 2.91. The molecule has 0 heterocycles. The maximum absolute atomic E-state index is 11.8. The van der Waals surface area contributed by atoms with Gasteiger partial charge in [0.25, 0.3) is 0 Å². The van der Waals surface area contributed by atoms with Crippen molar-refractivity contribution >= 4 is 27.5 Å². The van der Waals surface area contributed by atoms with E-state index < -0.39 is 0 Å². The van der Waals surface area contributed by atoms with Crippen LogP contribution in [0.1, 0.15) is 33.3 Å². The Hall–Kier alpha value is -1.07. The van der Waals surface area contributed by atoms with Crippen molar-refractivity contribution < 1.29 is 4.79 Å². The number of halogens is 1. The van der Waals surface area contributed by atoms with E-state index in [4.69, 9.17) is 0 Å². The van der Waals surface area contributed by atoms with Gasteiger partial charge in [-0.1, -0.05) is 19.9 Å². The van der Waals surface area contributed by atoms with E-state index in [1.54, 1.807) is 0 Å². The van der Waals surface area contributed by atoms with Gasteiger partial charge in [-0.05, 0) is 47.5 Å². The monoisotopic (exact) mass is 355 g/mol. The Labute approximate surface area is 136 Å². The number of hydrogen-bond donors (Lipinski definition) is 2. The summed E-state index contributed by atoms with van der Waals surface area (Å²) < 4.78 is 1.02. The van der Waals surface area contributed by atoms with Crippen molar-refractivity contribution in [3.8, 4) is 0 Å². The van der Waals surface area contributed by atoms with Crippen molar-refractivity contribution in [3.05, 3.63) is 28.2 Å². The third-order valence-electron chi connectivity index (χ3n) is 3.16. The normalized spacial score (nSPS) is 10.8. The van der Waals surface area contributed by atoms with E-state index in [0.717, 1.165) is 23.2 Å². The number of carbonyl (C=O) groups is 1. The zero-order chi connectivity index (χ0) is 15.8. The Balaban J connectivity index is 2.78. The van der Waals surface area contributed by atoms with Crippen LogP contribution in [-0.4, -0.2) is 31.6 Å². The molecule has 0 spiro atoms. The molecule has 0 aliphatic carbocycles. The lowest BCUT2D eigenvalue weighted by Gasteiger charge is -2.24. The lowest BCUT2D eigenvalue weighted by Crippen LogP contribution is -2.37. The molecule has 0 radical (unpaired) electrons. The van der Waals surface area contributed by atoms with Gasteiger partial charge in [-0.15, -0.1) is 0 Å². The molecule has 4 nitrogen and oxygen atoms in total. The molecule has 21 heavy (non-hydrogen) atoms. The lowest BCUT2D eigenvalue weighted by molar-refractivity contribution is -0.119. The van der Waals surface area contributed by atoms with Crippen LogP contribution in [0.15, 0.2) is 22.7 Å². The van der Waals surface area contributed by atoms with Gasteiger partial charge in [-0.2, -0.15) is 0 Å². The number of carbonyl (C=O) groups excluding carboxylic acids is 1. The fraction of sp³-hybridized carbons (Fsp3) is 0.562. The van der Waals surface area contributed by atoms with Crippen molar-refractivity contribution in [1.82, 2.24) is 10.6 Å². The van der Waals surface area contributed by atoms with Gasteiger partial charge in [0.2, 0.25) is 5.91 Å². The van der Waals surface area contributed by atoms with E-state index in [-0.39, 0.29) is 5.91 Å². The van der Waals surface area contributed by atoms with Crippen molar-refractivity contribution in [2.24, 2.45) is 0 Å². The number of nitrogens with one attached hydrogen (secondary N) is 2. The van der Waals surface area contributed by atoms with E-state index in [1.165, 1.54) is 5.56 Å². The summed E-state index contributed by atoms with van der Waals surface area (Å²) in [6.07, 6.45) is 0. The molecule has 0 aliphatic heterocycles. The molecule has 0 fully saturated rings. The van der Waals surface area contributed by atoms with Crippen LogP contribution < -0.4 is 15.5 Å². The number of hydrogen-bond acceptors (Lipinski definition) is 3. The minimum atomic E-state index is 0.0526. The summed E-state index contributed by atoms with van der Waals surface area (Å²) in [7, 11) is 0. The molecule has 5 heteroatoms. The van der Waals surface area contributed by atoms with E-state index in [1.807, 2.05) is 6.92 Å². The number of amides is 1. The van der Waals surface area contributed by atoms with Gasteiger partial charge >= 0.3 is 0 Å². The molecule has 1 aromatic rings. The standard InChI is InChI=1S/C16H26BrN3O/c1-5-18-16(21)11-20(6-2)15-8-7-13(9-14(15)17)10-19-12(3)4/h7-9,12,19H,5-6,10-11H2,1-4H3,(H,18,21). The number of likely N-dealkylation sites (N-methyl/N-ethyl adjacent to an activating group) is 2. The predicted molar refractivity (Wildman–Crippen MR) is 92.7 cm³/mol. The van der Waals surface area contributed by atoms with Gasteiger partial charge in [0.05, 0.1) is 12.2 Å². The second-order valence-corrected chi connectivity index (χ2v) is 6.14. The molecule has 1 amide bonds. The molecule has 118 valence electrons. The molecule has 1 rings (SSSR count). The number of benzene rings is 1. The quantitative estimate of drug-likeness (QED) is 0.753. The van der Waals surface area contributed by atoms with Gasteiger partial charge < -0.3 is 15.5 Å². The van der Waals surface area contributed by atoms with Crippen LogP contribution in [0.5, 0.6) is 0 Å². The highest BCUT2D eigenvalue weighted by atomic mass is 79.9. The second kappa shape index (κ2) is 9.05. The van der Waals surface area contributed by atoms with Crippen LogP contribution in [-0.2, 0) is 11.3 Å². The van der Waals surface area contributed by atoms with Gasteiger partial charge in [0.15, 0.2) is 0 Å². The van der Waals surface area contributed by atoms with E-state index in [2.05, 4.69) is 70.4 Å². The summed E-state index contributed by atoms with van der Waals surface area (Å²) in [5.74, 6) is 0.0526. The number of nitrogens with zero attached hydrogens (tertiary/aromatic N) is 1. The summed E-state index contributed by atoms with van der Waals surface area (Å²) in [6, 6.07) is 6.76. The Morgan fingerprint density at radius 1 is 1.33 bits per heavy atom. The van der Waals surface area contributed by atoms with Crippen molar-refractivity contribution in [3.63, 3.8) is 0 Å². The number of anilines is 1. The molecule has 0 saturated heterocycles. The molecule has 1 aromatic carbocycles. The fourth-order valence-corrected chi connectivity index (χ4v) is 2.71. The highest BCUT2D eigenvalue weighted by Crippen LogP contribution is 2.27. The summed E-state index contributed by atoms with van der Waals surface area (Å²) >= 11 is 3.62. The van der Waals surface area contributed by atoms with Gasteiger partial charge in [-0.3, -0.25) is 4.79 Å². The fourth-order valence-electron chi connectivity index (χ4n) is 2.03. The Morgan fingerprint density at radius 2 is 2.05 bits per heavy atom. The van der Waals surface area contributed by atoms with Crippen LogP contribution in [0.25, 0.3) is 0 Å². The van der Waals surface area contributed by atoms with Crippen LogP contribution in [0.2, 0.25) is 0 Å². The third kappa shape index (κ3) is 6.06. The maximum atomic E-state index is 11.8. The topological polar surface area (TPSA) is 44.4 Å². The molecule has 0 unspecified atom stereocenters. The molecule has 0 bridgehead atoms. The molecule has 0 aliphatic rings. The van der Waals surface area contributed by atoms with E-state index in [9.17, 15) is 4.79 Å². The third-order valence-corrected chi connectivity index (χ3v) is 3.79. The largest absolute Gasteiger partial charge is 0.362 e. The summed E-state index contributed by atoms with van der Waals surface area (Å²) in [6.45, 7) is 10.9. The van der Waals surface area contributed by atoms with Crippen LogP contribution in [0.4, 0.5) is 5.69 Å². The zero-order valence-electron chi connectivity index (χ0n) is 13.4. The Bertz CT molecular complexity index is 463. The van der Waals surface area contributed by atoms with Crippen LogP contribution in [0, 0.1) is 0 Å². The van der Waals surface area contributed by atoms with Crippen molar-refractivity contribution in [2.45, 2.75) is 40.3 Å². The highest BCUT2D eigenvalue weighted by molar-refractivity contribution is 9.10. The van der Waals surface area contributed by atoms with Crippen molar-refractivity contribution in [2.75, 3.05) is 24.5 Å². The van der Waals surface area contributed by atoms with Crippen molar-refractivity contribution in [1.29, 1.82) is 0 Å². The average Bonchev–Trinajstić information content (AvgIpc) is 2.43. The van der Waals surface area contributed by atoms with Gasteiger partial charge in [0, 0.05) is 30.1 Å². The molecule has 2 N–H and O–H groups in total. The first-order valence-corrected chi connectivity index (χ1v) is 8.30. The van der Waals surface area contributed by atoms with Crippen LogP contribution >= 0.6 is 15.9 Å². The first kappa shape index (κ1) is 18.0. The number of rotatable bonds is 8. The Kier molecular flexibility index (Phi) is 7.75. The minimum Gasteiger partial charge on any atom is -0.362 e. The first-order valence-electron chi connectivity index (χ1n) is 7.51. The van der Waals surface area contributed by atoms with Gasteiger partial charge in [0.1, 0.15) is 0 Å². The SMILES string of the molecule is CCNC(=O)CN(CC)c1ccc(CNC(C)C)cc1Br. The molecule has 0 saturated carbocycles. The van der Waals surface area contributed by atoms with E-state index in [0.29, 0.717) is 19.1 Å². The smallest absolute Gasteiger partial charge is 0.239 e. The highest BCUT2D eigenvalue weighted by Gasteiger charge is 2.12. The maximum Gasteiger partial charge on any atom is 0.239 e. The molecule has 0 atom stereocenters. The second-order valence-electron chi connectivity index (χ2n) is 5.29. The van der Waals surface area contributed by atoms with Gasteiger partial charge in [-0.25, -0.2) is 0 Å². The van der Waals surface area contributed by atoms with E-state index >= 15 is 0 Å². The average molecular weight is 356 g/mol. The Morgan fingerprint density at radius 3 is 2.57 bits per heavy atom. The summed E-state index contributed by atoms with van der Waals surface area (Å²) in [4.78, 5) is 13.8.